The maximum absolute atomic E-state index is 13.5. The van der Waals surface area contributed by atoms with E-state index in [4.69, 9.17) is 9.84 Å². The summed E-state index contributed by atoms with van der Waals surface area (Å²) in [6.45, 7) is 1.41. The average Bonchev–Trinajstić information content (AvgIpc) is 3.06. The zero-order valence-electron chi connectivity index (χ0n) is 15.3. The lowest BCUT2D eigenvalue weighted by Crippen LogP contribution is -2.25. The van der Waals surface area contributed by atoms with Crippen molar-refractivity contribution in [1.29, 1.82) is 0 Å². The first-order valence-electron chi connectivity index (χ1n) is 8.55. The Labute approximate surface area is 158 Å². The molecule has 2 aromatic heterocycles. The molecule has 3 rings (SSSR count). The highest BCUT2D eigenvalue weighted by Crippen LogP contribution is 2.33. The van der Waals surface area contributed by atoms with Crippen LogP contribution in [-0.4, -0.2) is 38.4 Å². The summed E-state index contributed by atoms with van der Waals surface area (Å²) in [6.07, 6.45) is -3.39. The van der Waals surface area contributed by atoms with Crippen LogP contribution < -0.4 is 10.3 Å². The molecule has 1 N–H and O–H groups in total. The van der Waals surface area contributed by atoms with E-state index >= 15 is 0 Å². The first-order valence-corrected chi connectivity index (χ1v) is 8.55. The summed E-state index contributed by atoms with van der Waals surface area (Å²) in [5.74, 6) is 0.623. The van der Waals surface area contributed by atoms with Gasteiger partial charge in [-0.3, -0.25) is 9.48 Å². The maximum Gasteiger partial charge on any atom is 0.435 e. The molecule has 0 bridgehead atoms. The largest absolute Gasteiger partial charge is 0.497 e. The molecule has 0 aliphatic carbocycles. The number of methoxy groups -OCH3 is 1. The predicted octanol–water partition coefficient (Wildman–Crippen LogP) is 2.61. The second-order valence-electron chi connectivity index (χ2n) is 6.37. The van der Waals surface area contributed by atoms with Crippen LogP contribution in [0.2, 0.25) is 0 Å². The van der Waals surface area contributed by atoms with E-state index in [-0.39, 0.29) is 25.1 Å². The van der Waals surface area contributed by atoms with Gasteiger partial charge in [0.2, 0.25) is 0 Å². The van der Waals surface area contributed by atoms with Gasteiger partial charge in [-0.1, -0.05) is 12.1 Å². The zero-order valence-corrected chi connectivity index (χ0v) is 15.3. The molecule has 1 aromatic carbocycles. The second kappa shape index (κ2) is 7.63. The van der Waals surface area contributed by atoms with Gasteiger partial charge in [-0.2, -0.15) is 23.4 Å². The number of alkyl halides is 3. The first-order chi connectivity index (χ1) is 13.3. The highest BCUT2D eigenvalue weighted by molar-refractivity contribution is 5.80. The fourth-order valence-corrected chi connectivity index (χ4v) is 2.95. The highest BCUT2D eigenvalue weighted by atomic mass is 19.4. The molecule has 28 heavy (non-hydrogen) atoms. The number of fused-ring (bicyclic) bond motifs is 1. The van der Waals surface area contributed by atoms with Crippen LogP contribution in [0.3, 0.4) is 0 Å². The molecule has 0 radical (unpaired) electrons. The van der Waals surface area contributed by atoms with Gasteiger partial charge < -0.3 is 9.84 Å². The lowest BCUT2D eigenvalue weighted by atomic mass is 10.2. The molecule has 150 valence electrons. The van der Waals surface area contributed by atoms with E-state index < -0.39 is 28.9 Å². The molecule has 0 saturated carbocycles. The van der Waals surface area contributed by atoms with E-state index in [2.05, 4.69) is 10.2 Å². The normalized spacial score (nSPS) is 13.1. The quantitative estimate of drug-likeness (QED) is 0.693. The Morgan fingerprint density at radius 2 is 1.93 bits per heavy atom. The molecule has 10 heteroatoms. The Morgan fingerprint density at radius 1 is 1.25 bits per heavy atom. The van der Waals surface area contributed by atoms with Gasteiger partial charge in [0, 0.05) is 6.61 Å². The van der Waals surface area contributed by atoms with Gasteiger partial charge >= 0.3 is 6.18 Å². The number of benzene rings is 1. The summed E-state index contributed by atoms with van der Waals surface area (Å²) in [6, 6.07) is 6.26. The van der Waals surface area contributed by atoms with Crippen LogP contribution >= 0.6 is 0 Å². The van der Waals surface area contributed by atoms with Crippen LogP contribution in [0.1, 0.15) is 30.6 Å². The SMILES string of the molecule is COc1ccc(Cn2ncc3c(c(C(F)(F)F)nn3C(C)CCO)c2=O)cc1. The molecule has 0 spiro atoms. The minimum Gasteiger partial charge on any atom is -0.497 e. The van der Waals surface area contributed by atoms with Crippen LogP contribution in [-0.2, 0) is 12.7 Å². The van der Waals surface area contributed by atoms with Gasteiger partial charge in [0.05, 0.1) is 31.4 Å². The molecular formula is C18H19F3N4O3. The van der Waals surface area contributed by atoms with Crippen molar-refractivity contribution >= 4 is 10.9 Å². The zero-order chi connectivity index (χ0) is 20.5. The standard InChI is InChI=1S/C18H19F3N4O3/c1-11(7-8-26)25-14-9-22-24(10-12-3-5-13(28-2)6-4-12)17(27)15(14)16(23-25)18(19,20)21/h3-6,9,11,26H,7-8,10H2,1-2H3. The maximum atomic E-state index is 13.5. The Morgan fingerprint density at radius 3 is 2.50 bits per heavy atom. The molecule has 2 heterocycles. The van der Waals surface area contributed by atoms with Crippen molar-refractivity contribution in [3.63, 3.8) is 0 Å². The van der Waals surface area contributed by atoms with Gasteiger partial charge in [0.25, 0.3) is 5.56 Å². The van der Waals surface area contributed by atoms with E-state index in [1.54, 1.807) is 31.2 Å². The highest BCUT2D eigenvalue weighted by Gasteiger charge is 2.39. The Hall–Kier alpha value is -2.88. The summed E-state index contributed by atoms with van der Waals surface area (Å²) in [5.41, 5.74) is -1.44. The third-order valence-electron chi connectivity index (χ3n) is 4.44. The number of ether oxygens (including phenoxy) is 1. The summed E-state index contributed by atoms with van der Waals surface area (Å²) in [4.78, 5) is 12.8. The molecule has 1 atom stereocenters. The van der Waals surface area contributed by atoms with Gasteiger partial charge in [-0.15, -0.1) is 0 Å². The van der Waals surface area contributed by atoms with E-state index in [1.165, 1.54) is 13.3 Å². The third kappa shape index (κ3) is 3.72. The van der Waals surface area contributed by atoms with Crippen LogP contribution in [0.15, 0.2) is 35.3 Å². The molecule has 1 unspecified atom stereocenters. The molecule has 0 aliphatic heterocycles. The number of aliphatic hydroxyl groups is 1. The van der Waals surface area contributed by atoms with Crippen molar-refractivity contribution in [1.82, 2.24) is 19.6 Å². The van der Waals surface area contributed by atoms with Crippen molar-refractivity contribution in [2.45, 2.75) is 32.1 Å². The molecule has 0 fully saturated rings. The van der Waals surface area contributed by atoms with Crippen LogP contribution in [0, 0.1) is 0 Å². The fourth-order valence-electron chi connectivity index (χ4n) is 2.95. The molecule has 7 nitrogen and oxygen atoms in total. The molecular weight excluding hydrogens is 377 g/mol. The number of hydrogen-bond donors (Lipinski definition) is 1. The van der Waals surface area contributed by atoms with Crippen LogP contribution in [0.4, 0.5) is 13.2 Å². The Balaban J connectivity index is 2.11. The monoisotopic (exact) mass is 396 g/mol. The summed E-state index contributed by atoms with van der Waals surface area (Å²) >= 11 is 0. The van der Waals surface area contributed by atoms with Crippen molar-refractivity contribution in [3.8, 4) is 5.75 Å². The fraction of sp³-hybridized carbons (Fsp3) is 0.389. The van der Waals surface area contributed by atoms with Gasteiger partial charge in [0.15, 0.2) is 5.69 Å². The van der Waals surface area contributed by atoms with E-state index in [0.717, 1.165) is 9.36 Å². The molecule has 0 aliphatic rings. The Bertz CT molecular complexity index is 1030. The lowest BCUT2D eigenvalue weighted by molar-refractivity contribution is -0.140. The lowest BCUT2D eigenvalue weighted by Gasteiger charge is -2.12. The summed E-state index contributed by atoms with van der Waals surface area (Å²) < 4.78 is 47.6. The van der Waals surface area contributed by atoms with Crippen molar-refractivity contribution in [2.24, 2.45) is 0 Å². The van der Waals surface area contributed by atoms with Gasteiger partial charge in [0.1, 0.15) is 11.1 Å². The number of nitrogens with zero attached hydrogens (tertiary/aromatic N) is 4. The molecule has 0 amide bonds. The van der Waals surface area contributed by atoms with Crippen molar-refractivity contribution < 1.29 is 23.0 Å². The predicted molar refractivity (Wildman–Crippen MR) is 95.3 cm³/mol. The van der Waals surface area contributed by atoms with E-state index in [1.807, 2.05) is 0 Å². The van der Waals surface area contributed by atoms with E-state index in [9.17, 15) is 18.0 Å². The van der Waals surface area contributed by atoms with Gasteiger partial charge in [-0.05, 0) is 31.0 Å². The number of aliphatic hydroxyl groups excluding tert-OH is 1. The third-order valence-corrected chi connectivity index (χ3v) is 4.44. The summed E-state index contributed by atoms with van der Waals surface area (Å²) in [5, 5.41) is 16.2. The minimum atomic E-state index is -4.79. The van der Waals surface area contributed by atoms with Crippen molar-refractivity contribution in [2.75, 3.05) is 13.7 Å². The van der Waals surface area contributed by atoms with E-state index in [0.29, 0.717) is 11.3 Å². The minimum absolute atomic E-state index is 0.00738. The molecule has 3 aromatic rings. The number of halogens is 3. The Kier molecular flexibility index (Phi) is 5.41. The van der Waals surface area contributed by atoms with Gasteiger partial charge in [-0.25, -0.2) is 4.68 Å². The number of hydrogen-bond acceptors (Lipinski definition) is 5. The smallest absolute Gasteiger partial charge is 0.435 e. The second-order valence-corrected chi connectivity index (χ2v) is 6.37. The summed E-state index contributed by atoms with van der Waals surface area (Å²) in [7, 11) is 1.52. The number of rotatable bonds is 6. The van der Waals surface area contributed by atoms with Crippen LogP contribution in [0.5, 0.6) is 5.75 Å². The van der Waals surface area contributed by atoms with Crippen molar-refractivity contribution in [3.05, 3.63) is 52.1 Å². The molecule has 0 saturated heterocycles. The van der Waals surface area contributed by atoms with Crippen LogP contribution in [0.25, 0.3) is 10.9 Å². The average molecular weight is 396 g/mol. The first kappa shape index (κ1) is 19.9. The number of aromatic nitrogens is 4. The topological polar surface area (TPSA) is 82.2 Å².